The van der Waals surface area contributed by atoms with E-state index in [0.717, 1.165) is 16.0 Å². The molecule has 0 N–H and O–H groups in total. The number of hydrogen-bond acceptors (Lipinski definition) is 10. The van der Waals surface area contributed by atoms with Crippen LogP contribution in [0.3, 0.4) is 0 Å². The minimum atomic E-state index is 0.135. The molecule has 0 aliphatic heterocycles. The zero-order valence-corrected chi connectivity index (χ0v) is 24.5. The first-order valence-corrected chi connectivity index (χ1v) is 15.4. The number of thiophene rings is 6. The molecule has 0 radical (unpaired) electrons. The smallest absolute Gasteiger partial charge is 0.263 e. The number of carbonyl (C=O) groups is 1. The molecule has 6 aromatic heterocycles. The second-order valence-electron chi connectivity index (χ2n) is 8.10. The number of nitriles is 1. The van der Waals surface area contributed by atoms with E-state index < -0.39 is 0 Å². The summed E-state index contributed by atoms with van der Waals surface area (Å²) in [5.74, 6) is 0. The Kier molecular flexibility index (Phi) is 6.88. The largest absolute Gasteiger partial charge is 0.370 e. The summed E-state index contributed by atoms with van der Waals surface area (Å²) < 4.78 is 10.3. The Morgan fingerprint density at radius 3 is 1.67 bits per heavy atom. The van der Waals surface area contributed by atoms with Crippen molar-refractivity contribution in [2.45, 2.75) is 0 Å². The van der Waals surface area contributed by atoms with E-state index in [0.29, 0.717) is 0 Å². The maximum Gasteiger partial charge on any atom is 0.263 e. The first-order chi connectivity index (χ1) is 17.3. The lowest BCUT2D eigenvalue weighted by atomic mass is 10.3. The lowest BCUT2D eigenvalue weighted by Crippen LogP contribution is -2.05. The van der Waals surface area contributed by atoms with Crippen molar-refractivity contribution in [1.29, 1.82) is 5.26 Å². The number of hydrogen-bond donors (Lipinski definition) is 0. The van der Waals surface area contributed by atoms with E-state index in [1.54, 1.807) is 74.1 Å². The fraction of sp³-hybridized carbons (Fsp3) is 0.160. The predicted octanol–water partition coefficient (Wildman–Crippen LogP) is 9.08. The average molecular weight is 583 g/mol. The molecule has 0 aliphatic rings. The first kappa shape index (κ1) is 24.9. The van der Waals surface area contributed by atoms with Crippen molar-refractivity contribution in [2.75, 3.05) is 38.0 Å². The minimum Gasteiger partial charge on any atom is -0.370 e. The fourth-order valence-corrected chi connectivity index (χ4v) is 11.1. The van der Waals surface area contributed by atoms with E-state index >= 15 is 0 Å². The molecule has 6 heterocycles. The van der Waals surface area contributed by atoms with Gasteiger partial charge in [-0.1, -0.05) is 0 Å². The second-order valence-corrected chi connectivity index (χ2v) is 14.5. The lowest BCUT2D eigenvalue weighted by Gasteiger charge is -2.06. The van der Waals surface area contributed by atoms with Crippen molar-refractivity contribution in [3.8, 4) is 6.07 Å². The van der Waals surface area contributed by atoms with Crippen LogP contribution in [0, 0.1) is 17.9 Å². The van der Waals surface area contributed by atoms with Gasteiger partial charge in [0.25, 0.3) is 5.70 Å². The van der Waals surface area contributed by atoms with Crippen molar-refractivity contribution in [3.05, 3.63) is 51.1 Å². The molecule has 5 nitrogen and oxygen atoms in total. The number of anilines is 2. The molecule has 0 saturated carbocycles. The third kappa shape index (κ3) is 4.55. The molecule has 0 spiro atoms. The van der Waals surface area contributed by atoms with Crippen molar-refractivity contribution in [2.24, 2.45) is 0 Å². The van der Waals surface area contributed by atoms with Crippen molar-refractivity contribution >= 4 is 128 Å². The molecule has 0 aliphatic carbocycles. The summed E-state index contributed by atoms with van der Waals surface area (Å²) >= 11 is 10.4. The molecule has 6 aromatic rings. The Bertz CT molecular complexity index is 1840. The van der Waals surface area contributed by atoms with Crippen LogP contribution in [0.1, 0.15) is 14.5 Å². The highest BCUT2D eigenvalue weighted by molar-refractivity contribution is 7.40. The van der Waals surface area contributed by atoms with Gasteiger partial charge in [0.2, 0.25) is 0 Å². The highest BCUT2D eigenvalue weighted by Crippen LogP contribution is 2.47. The SMILES string of the molecule is CN(C)c1cc2sc3cc(C=O)sc3c2s1.[C-]#[N+]/C(C#N)=C\c1cc2sc3cc(N(C)C)sc3c2s1. The van der Waals surface area contributed by atoms with E-state index in [2.05, 4.69) is 46.9 Å². The number of nitrogens with zero attached hydrogens (tertiary/aromatic N) is 4. The second kappa shape index (κ2) is 9.94. The summed E-state index contributed by atoms with van der Waals surface area (Å²) in [6.45, 7) is 6.93. The number of allylic oxidation sites excluding steroid dienone is 1. The fourth-order valence-electron chi connectivity index (χ4n) is 3.48. The third-order valence-corrected chi connectivity index (χ3v) is 12.9. The monoisotopic (exact) mass is 582 g/mol. The molecule has 0 atom stereocenters. The Hall–Kier alpha value is -2.77. The maximum absolute atomic E-state index is 10.7. The normalized spacial score (nSPS) is 11.6. The molecule has 36 heavy (non-hydrogen) atoms. The van der Waals surface area contributed by atoms with Crippen LogP contribution in [0.4, 0.5) is 10.0 Å². The van der Waals surface area contributed by atoms with Crippen LogP contribution in [0.2, 0.25) is 0 Å². The summed E-state index contributed by atoms with van der Waals surface area (Å²) in [6, 6.07) is 10.4. The molecule has 0 aromatic carbocycles. The molecule has 0 unspecified atom stereocenters. The predicted molar refractivity (Wildman–Crippen MR) is 164 cm³/mol. The van der Waals surface area contributed by atoms with Gasteiger partial charge in [0.1, 0.15) is 0 Å². The third-order valence-electron chi connectivity index (χ3n) is 5.17. The summed E-state index contributed by atoms with van der Waals surface area (Å²) in [4.78, 5) is 20.0. The van der Waals surface area contributed by atoms with Gasteiger partial charge in [-0.25, -0.2) is 10.1 Å². The molecule has 11 heteroatoms. The van der Waals surface area contributed by atoms with Crippen LogP contribution in [0.25, 0.3) is 48.5 Å². The van der Waals surface area contributed by atoms with E-state index in [9.17, 15) is 4.79 Å². The van der Waals surface area contributed by atoms with Crippen LogP contribution in [0.15, 0.2) is 30.0 Å². The van der Waals surface area contributed by atoms with Gasteiger partial charge in [-0.15, -0.1) is 68.0 Å². The Morgan fingerprint density at radius 2 is 1.22 bits per heavy atom. The maximum atomic E-state index is 10.7. The number of carbonyl (C=O) groups excluding carboxylic acids is 1. The van der Waals surface area contributed by atoms with E-state index in [-0.39, 0.29) is 5.70 Å². The van der Waals surface area contributed by atoms with Gasteiger partial charge in [0, 0.05) is 51.9 Å². The highest BCUT2D eigenvalue weighted by atomic mass is 32.1. The topological polar surface area (TPSA) is 51.7 Å². The van der Waals surface area contributed by atoms with Gasteiger partial charge < -0.3 is 9.80 Å². The zero-order chi connectivity index (χ0) is 25.6. The molecule has 0 bridgehead atoms. The molecule has 6 rings (SSSR count). The number of fused-ring (bicyclic) bond motifs is 6. The molecule has 180 valence electrons. The van der Waals surface area contributed by atoms with Gasteiger partial charge in [-0.2, -0.15) is 0 Å². The summed E-state index contributed by atoms with van der Waals surface area (Å²) in [5.41, 5.74) is 0.135. The summed E-state index contributed by atoms with van der Waals surface area (Å²) in [6.07, 6.45) is 2.60. The molecule has 0 fully saturated rings. The van der Waals surface area contributed by atoms with Crippen LogP contribution in [0.5, 0.6) is 0 Å². The van der Waals surface area contributed by atoms with Crippen LogP contribution in [-0.4, -0.2) is 34.5 Å². The molecule has 0 amide bonds. The Morgan fingerprint density at radius 1 is 0.778 bits per heavy atom. The van der Waals surface area contributed by atoms with Crippen molar-refractivity contribution in [1.82, 2.24) is 0 Å². The van der Waals surface area contributed by atoms with E-state index in [1.807, 2.05) is 26.2 Å². The Balaban J connectivity index is 0.000000152. The number of rotatable bonds is 4. The van der Waals surface area contributed by atoms with Crippen LogP contribution >= 0.6 is 68.0 Å². The summed E-state index contributed by atoms with van der Waals surface area (Å²) in [7, 11) is 8.20. The summed E-state index contributed by atoms with van der Waals surface area (Å²) in [5, 5.41) is 11.3. The van der Waals surface area contributed by atoms with Gasteiger partial charge in [-0.05, 0) is 30.3 Å². The van der Waals surface area contributed by atoms with Gasteiger partial charge in [0.05, 0.1) is 46.3 Å². The van der Waals surface area contributed by atoms with Gasteiger partial charge >= 0.3 is 0 Å². The molecule has 0 saturated heterocycles. The average Bonchev–Trinajstić information content (AvgIpc) is 3.64. The first-order valence-electron chi connectivity index (χ1n) is 10.5. The number of aldehydes is 1. The zero-order valence-electron chi connectivity index (χ0n) is 19.6. The van der Waals surface area contributed by atoms with E-state index in [4.69, 9.17) is 11.8 Å². The minimum absolute atomic E-state index is 0.135. The van der Waals surface area contributed by atoms with Gasteiger partial charge in [0.15, 0.2) is 6.29 Å². The quantitative estimate of drug-likeness (QED) is 0.118. The van der Waals surface area contributed by atoms with E-state index in [1.165, 1.54) is 47.6 Å². The van der Waals surface area contributed by atoms with Crippen LogP contribution < -0.4 is 9.80 Å². The van der Waals surface area contributed by atoms with Crippen LogP contribution in [-0.2, 0) is 0 Å². The molecular weight excluding hydrogens is 565 g/mol. The highest BCUT2D eigenvalue weighted by Gasteiger charge is 2.14. The Labute approximate surface area is 231 Å². The van der Waals surface area contributed by atoms with Crippen molar-refractivity contribution in [3.63, 3.8) is 0 Å². The van der Waals surface area contributed by atoms with Gasteiger partial charge in [-0.3, -0.25) is 4.79 Å². The lowest BCUT2D eigenvalue weighted by molar-refractivity contribution is 0.112. The molecular formula is C25H18N4OS6. The standard InChI is InChI=1S/C14H9N3S3.C11H9NOS3/c1-16-8(7-15)4-9-5-10-13(18-9)14-11(19-10)6-12(20-14)17(2)3;1-12(2)9-4-8-11(16-9)10-7(15-8)3-6(5-13)14-10/h4-6H,2-3H3;3-5H,1-2H3/b8-4-;. The van der Waals surface area contributed by atoms with Crippen molar-refractivity contribution < 1.29 is 4.79 Å².